The smallest absolute Gasteiger partial charge is 0.422 e. The van der Waals surface area contributed by atoms with Crippen LogP contribution in [0.25, 0.3) is 0 Å². The molecule has 0 fully saturated rings. The highest BCUT2D eigenvalue weighted by atomic mass is 32.2. The predicted molar refractivity (Wildman–Crippen MR) is 54.0 cm³/mol. The number of carbonyl (C=O) groups excluding carboxylic acids is 1. The lowest BCUT2D eigenvalue weighted by Crippen LogP contribution is -2.35. The highest BCUT2D eigenvalue weighted by Gasteiger charge is 2.16. The summed E-state index contributed by atoms with van der Waals surface area (Å²) < 4.78 is 30.0. The maximum absolute atomic E-state index is 11.2. The molecule has 0 aliphatic rings. The largest absolute Gasteiger partial charge is 0.504 e. The lowest BCUT2D eigenvalue weighted by atomic mass is 10.4. The van der Waals surface area contributed by atoms with Gasteiger partial charge in [0.15, 0.2) is 11.6 Å². The van der Waals surface area contributed by atoms with Crippen LogP contribution in [0.2, 0.25) is 0 Å². The van der Waals surface area contributed by atoms with Gasteiger partial charge >= 0.3 is 16.3 Å². The zero-order valence-electron chi connectivity index (χ0n) is 8.17. The maximum atomic E-state index is 11.2. The minimum atomic E-state index is -4.17. The summed E-state index contributed by atoms with van der Waals surface area (Å²) in [5.74, 6) is -0.656. The standard InChI is InChI=1S/C7H9N3O5S/c1-15-7(12)10-16(13,14)9-6-5(11)3-2-4-8-6/h2-4,11H,1H3,(H,8,9)(H,10,12). The van der Waals surface area contributed by atoms with Crippen molar-refractivity contribution in [2.45, 2.75) is 0 Å². The molecule has 0 saturated carbocycles. The van der Waals surface area contributed by atoms with Gasteiger partial charge in [-0.15, -0.1) is 0 Å². The van der Waals surface area contributed by atoms with Crippen molar-refractivity contribution in [1.82, 2.24) is 9.71 Å². The molecule has 1 aromatic rings. The SMILES string of the molecule is COC(=O)NS(=O)(=O)Nc1ncccc1O. The topological polar surface area (TPSA) is 118 Å². The summed E-state index contributed by atoms with van der Waals surface area (Å²) >= 11 is 0. The van der Waals surface area contributed by atoms with Crippen LogP contribution in [-0.4, -0.2) is 31.7 Å². The molecule has 0 atom stereocenters. The Kier molecular flexibility index (Phi) is 3.51. The normalized spacial score (nSPS) is 10.6. The first-order chi connectivity index (χ1) is 7.44. The van der Waals surface area contributed by atoms with E-state index in [2.05, 4.69) is 9.72 Å². The van der Waals surface area contributed by atoms with Crippen LogP contribution in [0.15, 0.2) is 18.3 Å². The number of amides is 1. The van der Waals surface area contributed by atoms with Gasteiger partial charge in [-0.25, -0.2) is 19.2 Å². The number of aromatic hydroxyl groups is 1. The summed E-state index contributed by atoms with van der Waals surface area (Å²) in [4.78, 5) is 14.2. The van der Waals surface area contributed by atoms with Crippen molar-refractivity contribution in [2.75, 3.05) is 11.8 Å². The third-order valence-electron chi connectivity index (χ3n) is 1.42. The summed E-state index contributed by atoms with van der Waals surface area (Å²) in [6.07, 6.45) is 0.123. The number of methoxy groups -OCH3 is 1. The number of pyridine rings is 1. The highest BCUT2D eigenvalue weighted by molar-refractivity contribution is 7.91. The number of rotatable bonds is 3. The summed E-state index contributed by atoms with van der Waals surface area (Å²) in [5.41, 5.74) is 0. The Morgan fingerprint density at radius 3 is 2.81 bits per heavy atom. The van der Waals surface area contributed by atoms with E-state index in [0.717, 1.165) is 7.11 Å². The van der Waals surface area contributed by atoms with E-state index in [1.54, 1.807) is 0 Å². The van der Waals surface area contributed by atoms with Crippen molar-refractivity contribution >= 4 is 22.1 Å². The Balaban J connectivity index is 2.81. The molecule has 1 rings (SSSR count). The molecule has 9 heteroatoms. The second-order valence-corrected chi connectivity index (χ2v) is 3.99. The van der Waals surface area contributed by atoms with Crippen LogP contribution in [0.4, 0.5) is 10.6 Å². The minimum Gasteiger partial charge on any atom is -0.504 e. The van der Waals surface area contributed by atoms with E-state index in [9.17, 15) is 18.3 Å². The number of ether oxygens (including phenoxy) is 1. The molecule has 3 N–H and O–H groups in total. The Labute approximate surface area is 91.4 Å². The molecule has 0 unspecified atom stereocenters. The van der Waals surface area contributed by atoms with Crippen molar-refractivity contribution in [1.29, 1.82) is 0 Å². The molecule has 0 saturated heterocycles. The average Bonchev–Trinajstić information content (AvgIpc) is 2.20. The van der Waals surface area contributed by atoms with Gasteiger partial charge in [0.1, 0.15) is 0 Å². The third-order valence-corrected chi connectivity index (χ3v) is 2.32. The number of anilines is 1. The molecule has 0 aliphatic heterocycles. The van der Waals surface area contributed by atoms with Crippen LogP contribution in [0.5, 0.6) is 5.75 Å². The fourth-order valence-electron chi connectivity index (χ4n) is 0.780. The summed E-state index contributed by atoms with van der Waals surface area (Å²) in [6.45, 7) is 0. The predicted octanol–water partition coefficient (Wildman–Crippen LogP) is -0.200. The Morgan fingerprint density at radius 2 is 2.25 bits per heavy atom. The first kappa shape index (κ1) is 12.0. The number of aromatic nitrogens is 1. The van der Waals surface area contributed by atoms with Gasteiger partial charge in [0, 0.05) is 6.20 Å². The third kappa shape index (κ3) is 3.28. The average molecular weight is 247 g/mol. The van der Waals surface area contributed by atoms with Crippen molar-refractivity contribution in [3.8, 4) is 5.75 Å². The number of hydrogen-bond acceptors (Lipinski definition) is 6. The van der Waals surface area contributed by atoms with E-state index in [1.165, 1.54) is 23.1 Å². The molecule has 88 valence electrons. The van der Waals surface area contributed by atoms with Crippen molar-refractivity contribution < 1.29 is 23.1 Å². The zero-order valence-corrected chi connectivity index (χ0v) is 8.98. The van der Waals surface area contributed by atoms with Crippen LogP contribution in [0.3, 0.4) is 0 Å². The highest BCUT2D eigenvalue weighted by Crippen LogP contribution is 2.18. The van der Waals surface area contributed by atoms with Crippen molar-refractivity contribution in [3.63, 3.8) is 0 Å². The van der Waals surface area contributed by atoms with Gasteiger partial charge in [0.2, 0.25) is 0 Å². The van der Waals surface area contributed by atoms with E-state index in [-0.39, 0.29) is 11.6 Å². The van der Waals surface area contributed by atoms with E-state index >= 15 is 0 Å². The van der Waals surface area contributed by atoms with E-state index in [1.807, 2.05) is 4.72 Å². The molecule has 1 aromatic heterocycles. The van der Waals surface area contributed by atoms with Gasteiger partial charge in [-0.05, 0) is 12.1 Å². The Morgan fingerprint density at radius 1 is 1.56 bits per heavy atom. The van der Waals surface area contributed by atoms with E-state index < -0.39 is 16.3 Å². The monoisotopic (exact) mass is 247 g/mol. The molecular weight excluding hydrogens is 238 g/mol. The quantitative estimate of drug-likeness (QED) is 0.680. The Hall–Kier alpha value is -2.03. The van der Waals surface area contributed by atoms with Gasteiger partial charge in [0.05, 0.1) is 7.11 Å². The van der Waals surface area contributed by atoms with Crippen LogP contribution < -0.4 is 9.44 Å². The van der Waals surface area contributed by atoms with Crippen LogP contribution in [-0.2, 0) is 14.9 Å². The van der Waals surface area contributed by atoms with Crippen LogP contribution >= 0.6 is 0 Å². The molecule has 0 spiro atoms. The van der Waals surface area contributed by atoms with Crippen LogP contribution in [0, 0.1) is 0 Å². The summed E-state index contributed by atoms with van der Waals surface area (Å²) in [5, 5.41) is 9.23. The van der Waals surface area contributed by atoms with Crippen LogP contribution in [0.1, 0.15) is 0 Å². The van der Waals surface area contributed by atoms with Gasteiger partial charge in [0.25, 0.3) is 0 Å². The molecule has 0 radical (unpaired) electrons. The van der Waals surface area contributed by atoms with Gasteiger partial charge < -0.3 is 9.84 Å². The lowest BCUT2D eigenvalue weighted by molar-refractivity contribution is 0.177. The van der Waals surface area contributed by atoms with E-state index in [0.29, 0.717) is 0 Å². The summed E-state index contributed by atoms with van der Waals surface area (Å²) in [7, 11) is -3.15. The fraction of sp³-hybridized carbons (Fsp3) is 0.143. The van der Waals surface area contributed by atoms with Gasteiger partial charge in [-0.2, -0.15) is 8.42 Å². The minimum absolute atomic E-state index is 0.293. The number of nitrogens with one attached hydrogen (secondary N) is 2. The second kappa shape index (κ2) is 4.66. The molecule has 16 heavy (non-hydrogen) atoms. The molecule has 1 amide bonds. The molecular formula is C7H9N3O5S. The summed E-state index contributed by atoms with van der Waals surface area (Å²) in [6, 6.07) is 2.66. The number of hydrogen-bond donors (Lipinski definition) is 3. The molecule has 0 aliphatic carbocycles. The lowest BCUT2D eigenvalue weighted by Gasteiger charge is -2.08. The van der Waals surface area contributed by atoms with Crippen molar-refractivity contribution in [3.05, 3.63) is 18.3 Å². The molecule has 1 heterocycles. The molecule has 0 aromatic carbocycles. The number of nitrogens with zero attached hydrogens (tertiary/aromatic N) is 1. The molecule has 0 bridgehead atoms. The first-order valence-electron chi connectivity index (χ1n) is 3.97. The maximum Gasteiger partial charge on any atom is 0.422 e. The molecule has 8 nitrogen and oxygen atoms in total. The zero-order chi connectivity index (χ0) is 12.2. The second-order valence-electron chi connectivity index (χ2n) is 2.57. The van der Waals surface area contributed by atoms with Gasteiger partial charge in [-0.1, -0.05) is 0 Å². The number of carbonyl (C=O) groups is 1. The van der Waals surface area contributed by atoms with E-state index in [4.69, 9.17) is 0 Å². The van der Waals surface area contributed by atoms with Gasteiger partial charge in [-0.3, -0.25) is 0 Å². The van der Waals surface area contributed by atoms with Crippen molar-refractivity contribution in [2.24, 2.45) is 0 Å². The first-order valence-corrected chi connectivity index (χ1v) is 5.45. The fourth-order valence-corrected chi connectivity index (χ4v) is 1.55. The Bertz CT molecular complexity index is 487.